The van der Waals surface area contributed by atoms with E-state index in [1.54, 1.807) is 29.1 Å². The number of aromatic amines is 1. The van der Waals surface area contributed by atoms with Gasteiger partial charge in [-0.1, -0.05) is 12.1 Å². The maximum atomic E-state index is 13.6. The number of benzene rings is 1. The van der Waals surface area contributed by atoms with E-state index in [2.05, 4.69) is 21.5 Å². The second-order valence-electron chi connectivity index (χ2n) is 8.71. The third kappa shape index (κ3) is 4.09. The fraction of sp³-hybridized carbons (Fsp3) is 0.435. The first kappa shape index (κ1) is 21.5. The molecule has 1 aliphatic carbocycles. The number of halogens is 3. The van der Waals surface area contributed by atoms with Gasteiger partial charge in [0.05, 0.1) is 24.0 Å². The van der Waals surface area contributed by atoms with Crippen LogP contribution in [0.2, 0.25) is 0 Å². The Balaban J connectivity index is 1.47. The summed E-state index contributed by atoms with van der Waals surface area (Å²) >= 11 is 0. The number of H-pyrrole nitrogens is 1. The molecule has 33 heavy (non-hydrogen) atoms. The summed E-state index contributed by atoms with van der Waals surface area (Å²) < 4.78 is 42.6. The van der Waals surface area contributed by atoms with Crippen LogP contribution in [-0.4, -0.2) is 38.9 Å². The van der Waals surface area contributed by atoms with Crippen molar-refractivity contribution < 1.29 is 13.2 Å². The molecule has 1 saturated heterocycles. The molecule has 2 fully saturated rings. The Hall–Kier alpha value is -3.32. The molecule has 1 saturated carbocycles. The smallest absolute Gasteiger partial charge is 0.338 e. The van der Waals surface area contributed by atoms with Crippen molar-refractivity contribution in [2.75, 3.05) is 18.4 Å². The highest BCUT2D eigenvalue weighted by molar-refractivity contribution is 5.91. The maximum Gasteiger partial charge on any atom is 0.408 e. The van der Waals surface area contributed by atoms with E-state index in [1.165, 1.54) is 17.0 Å². The quantitative estimate of drug-likeness (QED) is 0.541. The first-order chi connectivity index (χ1) is 15.9. The van der Waals surface area contributed by atoms with Crippen LogP contribution in [0.5, 0.6) is 0 Å². The molecule has 2 aliphatic rings. The summed E-state index contributed by atoms with van der Waals surface area (Å²) in [6, 6.07) is 8.30. The fourth-order valence-electron chi connectivity index (χ4n) is 4.56. The van der Waals surface area contributed by atoms with Crippen LogP contribution in [0, 0.1) is 17.2 Å². The number of likely N-dealkylation sites (tertiary alicyclic amines) is 1. The molecular weight excluding hydrogens is 433 g/mol. The van der Waals surface area contributed by atoms with E-state index in [-0.39, 0.29) is 23.6 Å². The van der Waals surface area contributed by atoms with E-state index >= 15 is 0 Å². The summed E-state index contributed by atoms with van der Waals surface area (Å²) in [6.07, 6.45) is 0.278. The van der Waals surface area contributed by atoms with Crippen molar-refractivity contribution in [2.24, 2.45) is 5.92 Å². The van der Waals surface area contributed by atoms with Crippen molar-refractivity contribution in [3.05, 3.63) is 52.4 Å². The number of anilines is 2. The van der Waals surface area contributed by atoms with Crippen LogP contribution in [0.15, 0.2) is 41.3 Å². The van der Waals surface area contributed by atoms with Gasteiger partial charge >= 0.3 is 6.18 Å². The van der Waals surface area contributed by atoms with Gasteiger partial charge in [-0.05, 0) is 48.9 Å². The normalized spacial score (nSPS) is 18.5. The molecule has 0 bridgehead atoms. The van der Waals surface area contributed by atoms with Gasteiger partial charge in [0.2, 0.25) is 0 Å². The molecule has 1 aliphatic heterocycles. The Labute approximate surface area is 187 Å². The molecule has 172 valence electrons. The number of hydrogen-bond acceptors (Lipinski definition) is 5. The number of aromatic nitrogens is 3. The molecule has 2 atom stereocenters. The molecule has 0 spiro atoms. The molecule has 0 radical (unpaired) electrons. The molecular formula is C23H23F3N6O. The second kappa shape index (κ2) is 8.23. The van der Waals surface area contributed by atoms with Crippen molar-refractivity contribution in [3.8, 4) is 6.07 Å². The van der Waals surface area contributed by atoms with Crippen LogP contribution in [-0.2, 0) is 0 Å². The van der Waals surface area contributed by atoms with Crippen LogP contribution in [0.4, 0.5) is 24.7 Å². The highest BCUT2D eigenvalue weighted by Crippen LogP contribution is 2.43. The summed E-state index contributed by atoms with van der Waals surface area (Å²) in [7, 11) is 0. The number of pyridine rings is 1. The van der Waals surface area contributed by atoms with Gasteiger partial charge in [-0.25, -0.2) is 0 Å². The summed E-state index contributed by atoms with van der Waals surface area (Å²) in [5, 5.41) is 17.4. The maximum absolute atomic E-state index is 13.6. The first-order valence-electron chi connectivity index (χ1n) is 11.0. The van der Waals surface area contributed by atoms with Gasteiger partial charge in [0.25, 0.3) is 5.56 Å². The Bertz CT molecular complexity index is 1250. The molecule has 1 aromatic carbocycles. The molecule has 2 N–H and O–H groups in total. The van der Waals surface area contributed by atoms with E-state index in [9.17, 15) is 23.2 Å². The lowest BCUT2D eigenvalue weighted by Gasteiger charge is -2.39. The molecule has 2 aromatic heterocycles. The average molecular weight is 456 g/mol. The van der Waals surface area contributed by atoms with Crippen molar-refractivity contribution in [1.82, 2.24) is 19.7 Å². The standard InChI is InChI=1S/C23H23F3N6O/c24-23(25,26)20(31-12-1-13-31)15-4-6-16(7-5-15)29-21-19-18(9-11-28-22(19)33)32(30-21)17(8-10-27)14-2-3-14/h4-7,9,11,14,17,20H,1-3,8,12-13H2,(H,28,33)(H,29,30)/t17-,20?/m0/s1. The second-order valence-corrected chi connectivity index (χ2v) is 8.71. The monoisotopic (exact) mass is 456 g/mol. The van der Waals surface area contributed by atoms with Crippen LogP contribution >= 0.6 is 0 Å². The number of fused-ring (bicyclic) bond motifs is 1. The lowest BCUT2D eigenvalue weighted by atomic mass is 10.0. The van der Waals surface area contributed by atoms with Crippen molar-refractivity contribution in [1.29, 1.82) is 5.26 Å². The number of nitriles is 1. The molecule has 0 amide bonds. The van der Waals surface area contributed by atoms with Gasteiger partial charge in [0, 0.05) is 25.0 Å². The molecule has 7 nitrogen and oxygen atoms in total. The summed E-state index contributed by atoms with van der Waals surface area (Å²) in [4.78, 5) is 16.7. The van der Waals surface area contributed by atoms with Crippen molar-refractivity contribution in [3.63, 3.8) is 0 Å². The fourth-order valence-corrected chi connectivity index (χ4v) is 4.56. The van der Waals surface area contributed by atoms with Crippen LogP contribution in [0.3, 0.4) is 0 Å². The van der Waals surface area contributed by atoms with Crippen molar-refractivity contribution >= 4 is 22.4 Å². The van der Waals surface area contributed by atoms with Crippen LogP contribution < -0.4 is 10.9 Å². The third-order valence-corrected chi connectivity index (χ3v) is 6.47. The highest BCUT2D eigenvalue weighted by atomic mass is 19.4. The largest absolute Gasteiger partial charge is 0.408 e. The van der Waals surface area contributed by atoms with Gasteiger partial charge in [0.1, 0.15) is 11.4 Å². The minimum Gasteiger partial charge on any atom is -0.338 e. The number of nitrogens with one attached hydrogen (secondary N) is 2. The zero-order chi connectivity index (χ0) is 23.2. The van der Waals surface area contributed by atoms with E-state index in [0.29, 0.717) is 41.4 Å². The predicted octanol–water partition coefficient (Wildman–Crippen LogP) is 4.64. The number of nitrogens with zero attached hydrogens (tertiary/aromatic N) is 4. The van der Waals surface area contributed by atoms with E-state index < -0.39 is 12.2 Å². The van der Waals surface area contributed by atoms with Crippen molar-refractivity contribution in [2.45, 2.75) is 43.9 Å². The Morgan fingerprint density at radius 2 is 1.94 bits per heavy atom. The Morgan fingerprint density at radius 3 is 2.52 bits per heavy atom. The van der Waals surface area contributed by atoms with Gasteiger partial charge in [-0.2, -0.15) is 23.5 Å². The minimum absolute atomic E-state index is 0.124. The highest BCUT2D eigenvalue weighted by Gasteiger charge is 2.46. The van der Waals surface area contributed by atoms with Gasteiger partial charge < -0.3 is 10.3 Å². The molecule has 3 heterocycles. The lowest BCUT2D eigenvalue weighted by Crippen LogP contribution is -2.46. The Morgan fingerprint density at radius 1 is 1.21 bits per heavy atom. The van der Waals surface area contributed by atoms with Gasteiger partial charge in [-0.3, -0.25) is 14.4 Å². The SMILES string of the molecule is N#CC[C@@H](C1CC1)n1nc(Nc2ccc(C(N3CCC3)C(F)(F)F)cc2)c2c(=O)[nH]ccc21. The zero-order valence-electron chi connectivity index (χ0n) is 17.8. The lowest BCUT2D eigenvalue weighted by molar-refractivity contribution is -0.195. The van der Waals surface area contributed by atoms with E-state index in [4.69, 9.17) is 0 Å². The summed E-state index contributed by atoms with van der Waals surface area (Å²) in [5.41, 5.74) is 1.02. The molecule has 10 heteroatoms. The van der Waals surface area contributed by atoms with Gasteiger partial charge in [-0.15, -0.1) is 0 Å². The third-order valence-electron chi connectivity index (χ3n) is 6.47. The molecule has 3 aromatic rings. The Kier molecular flexibility index (Phi) is 5.37. The number of rotatable bonds is 7. The number of alkyl halides is 3. The van der Waals surface area contributed by atoms with E-state index in [1.807, 2.05) is 0 Å². The van der Waals surface area contributed by atoms with Crippen LogP contribution in [0.25, 0.3) is 10.9 Å². The summed E-state index contributed by atoms with van der Waals surface area (Å²) in [5.74, 6) is 0.665. The van der Waals surface area contributed by atoms with Gasteiger partial charge in [0.15, 0.2) is 5.82 Å². The first-order valence-corrected chi connectivity index (χ1v) is 11.0. The molecule has 1 unspecified atom stereocenters. The zero-order valence-corrected chi connectivity index (χ0v) is 17.8. The van der Waals surface area contributed by atoms with E-state index in [0.717, 1.165) is 19.3 Å². The molecule has 5 rings (SSSR count). The predicted molar refractivity (Wildman–Crippen MR) is 117 cm³/mol. The number of hydrogen-bond donors (Lipinski definition) is 2. The summed E-state index contributed by atoms with van der Waals surface area (Å²) in [6.45, 7) is 0.864. The average Bonchev–Trinajstić information content (AvgIpc) is 3.51. The topological polar surface area (TPSA) is 89.7 Å². The minimum atomic E-state index is -4.35. The van der Waals surface area contributed by atoms with Crippen LogP contribution in [0.1, 0.15) is 43.3 Å².